The lowest BCUT2D eigenvalue weighted by Gasteiger charge is -2.56. The molecule has 0 radical (unpaired) electrons. The van der Waals surface area contributed by atoms with Gasteiger partial charge < -0.3 is 5.73 Å². The highest BCUT2D eigenvalue weighted by molar-refractivity contribution is 7.89. The predicted octanol–water partition coefficient (Wildman–Crippen LogP) is 0.996. The first-order valence-corrected chi connectivity index (χ1v) is 9.21. The molecule has 1 atom stereocenters. The minimum absolute atomic E-state index is 0.0437. The molecule has 4 rings (SSSR count). The topological polar surface area (TPSA) is 89.3 Å². The summed E-state index contributed by atoms with van der Waals surface area (Å²) < 4.78 is 27.1. The second-order valence-corrected chi connectivity index (χ2v) is 9.17. The molecule has 0 saturated heterocycles. The van der Waals surface area contributed by atoms with E-state index in [9.17, 15) is 13.2 Å². The minimum Gasteiger partial charge on any atom is -0.368 e. The van der Waals surface area contributed by atoms with Crippen LogP contribution in [0.15, 0.2) is 0 Å². The largest absolute Gasteiger partial charge is 0.368 e. The Morgan fingerprint density at radius 1 is 1.20 bits per heavy atom. The van der Waals surface area contributed by atoms with Crippen LogP contribution < -0.4 is 10.5 Å². The van der Waals surface area contributed by atoms with Crippen LogP contribution in [0.4, 0.5) is 0 Å². The predicted molar refractivity (Wildman–Crippen MR) is 76.2 cm³/mol. The molecular weight excluding hydrogens is 276 g/mol. The smallest absolute Gasteiger partial charge is 0.235 e. The first-order chi connectivity index (χ1) is 9.27. The minimum atomic E-state index is -3.44. The summed E-state index contributed by atoms with van der Waals surface area (Å²) in [5.74, 6) is 1.72. The Hall–Kier alpha value is -0.620. The van der Waals surface area contributed by atoms with Gasteiger partial charge in [0.15, 0.2) is 0 Å². The SMILES string of the molecule is C[C@H](NS(=O)(=O)CC12CC3CC(CC(C3)C1)C2)C(N)=O. The molecule has 0 aromatic carbocycles. The van der Waals surface area contributed by atoms with E-state index in [-0.39, 0.29) is 11.2 Å². The van der Waals surface area contributed by atoms with Gasteiger partial charge in [0.1, 0.15) is 0 Å². The summed E-state index contributed by atoms with van der Waals surface area (Å²) in [5, 5.41) is 0. The van der Waals surface area contributed by atoms with Gasteiger partial charge in [0.2, 0.25) is 15.9 Å². The van der Waals surface area contributed by atoms with E-state index in [4.69, 9.17) is 5.73 Å². The molecule has 0 heterocycles. The van der Waals surface area contributed by atoms with Crippen molar-refractivity contribution in [1.82, 2.24) is 4.72 Å². The number of primary amides is 1. The quantitative estimate of drug-likeness (QED) is 0.793. The Morgan fingerprint density at radius 3 is 2.05 bits per heavy atom. The first-order valence-electron chi connectivity index (χ1n) is 7.56. The molecule has 1 amide bonds. The van der Waals surface area contributed by atoms with Crippen LogP contribution in [0.5, 0.6) is 0 Å². The average molecular weight is 300 g/mol. The summed E-state index contributed by atoms with van der Waals surface area (Å²) in [6.07, 6.45) is 7.03. The summed E-state index contributed by atoms with van der Waals surface area (Å²) in [7, 11) is -3.44. The summed E-state index contributed by atoms with van der Waals surface area (Å²) in [4.78, 5) is 11.0. The summed E-state index contributed by atoms with van der Waals surface area (Å²) in [6, 6.07) is -0.825. The molecule has 4 aliphatic rings. The second-order valence-electron chi connectivity index (χ2n) is 7.42. The molecule has 6 heteroatoms. The second kappa shape index (κ2) is 4.70. The first kappa shape index (κ1) is 14.3. The number of hydrogen-bond donors (Lipinski definition) is 2. The molecule has 0 aromatic heterocycles. The monoisotopic (exact) mass is 300 g/mol. The Balaban J connectivity index is 1.72. The molecule has 0 spiro atoms. The highest BCUT2D eigenvalue weighted by Crippen LogP contribution is 2.60. The number of carbonyl (C=O) groups excluding carboxylic acids is 1. The fourth-order valence-corrected chi connectivity index (χ4v) is 7.14. The van der Waals surface area contributed by atoms with Crippen LogP contribution in [0.3, 0.4) is 0 Å². The van der Waals surface area contributed by atoms with Gasteiger partial charge in [-0.25, -0.2) is 13.1 Å². The third kappa shape index (κ3) is 2.72. The van der Waals surface area contributed by atoms with Crippen LogP contribution in [-0.4, -0.2) is 26.1 Å². The third-order valence-corrected chi connectivity index (χ3v) is 7.15. The van der Waals surface area contributed by atoms with Crippen LogP contribution in [-0.2, 0) is 14.8 Å². The molecule has 4 aliphatic carbocycles. The Bertz CT molecular complexity index is 479. The van der Waals surface area contributed by atoms with E-state index < -0.39 is 22.0 Å². The summed E-state index contributed by atoms with van der Waals surface area (Å²) >= 11 is 0. The molecule has 20 heavy (non-hydrogen) atoms. The number of sulfonamides is 1. The molecular formula is C14H24N2O3S. The van der Waals surface area contributed by atoms with E-state index in [0.29, 0.717) is 0 Å². The third-order valence-electron chi connectivity index (χ3n) is 5.44. The van der Waals surface area contributed by atoms with Crippen LogP contribution >= 0.6 is 0 Å². The number of rotatable bonds is 5. The van der Waals surface area contributed by atoms with Gasteiger partial charge in [0.05, 0.1) is 11.8 Å². The van der Waals surface area contributed by atoms with E-state index in [2.05, 4.69) is 4.72 Å². The average Bonchev–Trinajstić information content (AvgIpc) is 2.23. The molecule has 0 unspecified atom stereocenters. The lowest BCUT2D eigenvalue weighted by atomic mass is 9.50. The zero-order chi connectivity index (χ0) is 14.5. The van der Waals surface area contributed by atoms with Crippen molar-refractivity contribution in [1.29, 1.82) is 0 Å². The van der Waals surface area contributed by atoms with Gasteiger partial charge in [0, 0.05) is 0 Å². The van der Waals surface area contributed by atoms with Gasteiger partial charge in [-0.15, -0.1) is 0 Å². The van der Waals surface area contributed by atoms with Crippen molar-refractivity contribution in [2.75, 3.05) is 5.75 Å². The zero-order valence-corrected chi connectivity index (χ0v) is 12.8. The van der Waals surface area contributed by atoms with Gasteiger partial charge in [-0.2, -0.15) is 0 Å². The maximum atomic E-state index is 12.3. The number of carbonyl (C=O) groups is 1. The Kier molecular flexibility index (Phi) is 3.36. The summed E-state index contributed by atoms with van der Waals surface area (Å²) in [5.41, 5.74) is 5.09. The van der Waals surface area contributed by atoms with Crippen molar-refractivity contribution < 1.29 is 13.2 Å². The van der Waals surface area contributed by atoms with Crippen molar-refractivity contribution in [2.45, 2.75) is 51.5 Å². The van der Waals surface area contributed by atoms with E-state index in [0.717, 1.165) is 37.0 Å². The van der Waals surface area contributed by atoms with E-state index in [1.54, 1.807) is 0 Å². The zero-order valence-electron chi connectivity index (χ0n) is 12.0. The normalized spacial score (nSPS) is 40.8. The van der Waals surface area contributed by atoms with Crippen LogP contribution in [0.1, 0.15) is 45.4 Å². The van der Waals surface area contributed by atoms with Crippen molar-refractivity contribution in [3.63, 3.8) is 0 Å². The molecule has 3 N–H and O–H groups in total. The van der Waals surface area contributed by atoms with Gasteiger partial charge in [-0.05, 0) is 68.6 Å². The number of nitrogens with two attached hydrogens (primary N) is 1. The number of nitrogens with one attached hydrogen (secondary N) is 1. The molecule has 114 valence electrons. The van der Waals surface area contributed by atoms with Crippen LogP contribution in [0.2, 0.25) is 0 Å². The highest BCUT2D eigenvalue weighted by atomic mass is 32.2. The highest BCUT2D eigenvalue weighted by Gasteiger charge is 2.52. The fraction of sp³-hybridized carbons (Fsp3) is 0.929. The van der Waals surface area contributed by atoms with Crippen LogP contribution in [0, 0.1) is 23.2 Å². The van der Waals surface area contributed by atoms with Gasteiger partial charge in [0.25, 0.3) is 0 Å². The van der Waals surface area contributed by atoms with E-state index in [1.807, 2.05) is 0 Å². The molecule has 0 aromatic rings. The van der Waals surface area contributed by atoms with E-state index >= 15 is 0 Å². The molecule has 4 saturated carbocycles. The maximum absolute atomic E-state index is 12.3. The summed E-state index contributed by atoms with van der Waals surface area (Å²) in [6.45, 7) is 1.50. The molecule has 0 aliphatic heterocycles. The lowest BCUT2D eigenvalue weighted by molar-refractivity contribution is -0.119. The number of hydrogen-bond acceptors (Lipinski definition) is 3. The van der Waals surface area contributed by atoms with E-state index in [1.165, 1.54) is 26.2 Å². The Morgan fingerprint density at radius 2 is 1.65 bits per heavy atom. The van der Waals surface area contributed by atoms with Gasteiger partial charge in [-0.3, -0.25) is 4.79 Å². The van der Waals surface area contributed by atoms with Gasteiger partial charge >= 0.3 is 0 Å². The van der Waals surface area contributed by atoms with Crippen molar-refractivity contribution in [3.05, 3.63) is 0 Å². The van der Waals surface area contributed by atoms with Crippen LogP contribution in [0.25, 0.3) is 0 Å². The number of amides is 1. The fourth-order valence-electron chi connectivity index (χ4n) is 5.24. The lowest BCUT2D eigenvalue weighted by Crippen LogP contribution is -2.52. The molecule has 4 bridgehead atoms. The van der Waals surface area contributed by atoms with Crippen molar-refractivity contribution in [2.24, 2.45) is 28.9 Å². The van der Waals surface area contributed by atoms with Crippen molar-refractivity contribution in [3.8, 4) is 0 Å². The van der Waals surface area contributed by atoms with Gasteiger partial charge in [-0.1, -0.05) is 0 Å². The Labute approximate surface area is 120 Å². The molecule has 5 nitrogen and oxygen atoms in total. The maximum Gasteiger partial charge on any atom is 0.235 e. The molecule has 4 fully saturated rings. The standard InChI is InChI=1S/C14H24N2O3S/c1-9(13(15)17)16-20(18,19)8-14-5-10-2-11(6-14)4-12(3-10)7-14/h9-12,16H,2-8H2,1H3,(H2,15,17)/t9-,10?,11?,12?,14?/m0/s1. The van der Waals surface area contributed by atoms with Crippen molar-refractivity contribution >= 4 is 15.9 Å².